The summed E-state index contributed by atoms with van der Waals surface area (Å²) in [6.45, 7) is 3.34. The molecule has 0 spiro atoms. The van der Waals surface area contributed by atoms with E-state index in [0.717, 1.165) is 32.8 Å². The molecule has 0 aliphatic rings. The number of anilines is 1. The van der Waals surface area contributed by atoms with Gasteiger partial charge < -0.3 is 10.2 Å². The first-order chi connectivity index (χ1) is 17.5. The number of hydrogen-bond donors (Lipinski definition) is 1. The number of halogens is 1. The van der Waals surface area contributed by atoms with E-state index in [-0.39, 0.29) is 18.9 Å². The minimum atomic E-state index is -3.81. The summed E-state index contributed by atoms with van der Waals surface area (Å²) >= 11 is 6.19. The van der Waals surface area contributed by atoms with E-state index in [2.05, 4.69) is 5.32 Å². The fourth-order valence-electron chi connectivity index (χ4n) is 4.23. The number of carbonyl (C=O) groups excluding carboxylic acids is 2. The molecule has 0 saturated heterocycles. The van der Waals surface area contributed by atoms with E-state index in [1.165, 1.54) is 11.9 Å². The third kappa shape index (κ3) is 7.57. The van der Waals surface area contributed by atoms with Crippen LogP contribution < -0.4 is 9.62 Å². The van der Waals surface area contributed by atoms with Crippen LogP contribution in [0, 0.1) is 13.8 Å². The highest BCUT2D eigenvalue weighted by atomic mass is 35.5. The van der Waals surface area contributed by atoms with Crippen LogP contribution in [0.5, 0.6) is 0 Å². The predicted octanol–water partition coefficient (Wildman–Crippen LogP) is 4.11. The van der Waals surface area contributed by atoms with Crippen LogP contribution in [-0.4, -0.2) is 51.0 Å². The van der Waals surface area contributed by atoms with E-state index in [1.54, 1.807) is 37.3 Å². The molecule has 0 radical (unpaired) electrons. The average molecular weight is 542 g/mol. The summed E-state index contributed by atoms with van der Waals surface area (Å²) in [4.78, 5) is 28.4. The zero-order valence-corrected chi connectivity index (χ0v) is 23.0. The molecule has 0 aromatic heterocycles. The van der Waals surface area contributed by atoms with Gasteiger partial charge in [-0.15, -0.1) is 0 Å². The molecule has 3 aromatic rings. The van der Waals surface area contributed by atoms with Gasteiger partial charge in [-0.2, -0.15) is 0 Å². The molecular weight excluding hydrogens is 510 g/mol. The largest absolute Gasteiger partial charge is 0.357 e. The van der Waals surface area contributed by atoms with E-state index >= 15 is 0 Å². The monoisotopic (exact) mass is 541 g/mol. The summed E-state index contributed by atoms with van der Waals surface area (Å²) in [6.07, 6.45) is 1.33. The number of carbonyl (C=O) groups is 2. The Labute approximate surface area is 224 Å². The Bertz CT molecular complexity index is 1360. The van der Waals surface area contributed by atoms with E-state index < -0.39 is 28.5 Å². The van der Waals surface area contributed by atoms with Gasteiger partial charge >= 0.3 is 0 Å². The number of sulfonamides is 1. The first-order valence-electron chi connectivity index (χ1n) is 11.8. The van der Waals surface area contributed by atoms with Crippen molar-refractivity contribution in [3.63, 3.8) is 0 Å². The summed E-state index contributed by atoms with van der Waals surface area (Å²) in [5.41, 5.74) is 3.72. The third-order valence-electron chi connectivity index (χ3n) is 6.06. The molecule has 0 bridgehead atoms. The molecule has 196 valence electrons. The summed E-state index contributed by atoms with van der Waals surface area (Å²) in [5.74, 6) is -0.855. The lowest BCUT2D eigenvalue weighted by Gasteiger charge is -2.33. The maximum absolute atomic E-state index is 13.9. The van der Waals surface area contributed by atoms with Crippen molar-refractivity contribution in [2.45, 2.75) is 32.9 Å². The second-order valence-corrected chi connectivity index (χ2v) is 11.4. The minimum absolute atomic E-state index is 0.0782. The van der Waals surface area contributed by atoms with Crippen LogP contribution in [0.4, 0.5) is 5.69 Å². The van der Waals surface area contributed by atoms with Crippen molar-refractivity contribution in [3.8, 4) is 0 Å². The molecule has 1 N–H and O–H groups in total. The van der Waals surface area contributed by atoms with Crippen LogP contribution in [0.25, 0.3) is 0 Å². The zero-order chi connectivity index (χ0) is 27.2. The van der Waals surface area contributed by atoms with Gasteiger partial charge in [0.2, 0.25) is 21.8 Å². The number of hydrogen-bond acceptors (Lipinski definition) is 4. The third-order valence-corrected chi connectivity index (χ3v) is 7.42. The van der Waals surface area contributed by atoms with Crippen molar-refractivity contribution in [2.75, 3.05) is 24.2 Å². The number of nitrogens with one attached hydrogen (secondary N) is 1. The van der Waals surface area contributed by atoms with Crippen molar-refractivity contribution >= 4 is 39.1 Å². The Morgan fingerprint density at radius 1 is 0.946 bits per heavy atom. The van der Waals surface area contributed by atoms with E-state index in [0.29, 0.717) is 10.7 Å². The van der Waals surface area contributed by atoms with Crippen molar-refractivity contribution in [3.05, 3.63) is 100 Å². The molecule has 3 rings (SSSR count). The number of nitrogens with zero attached hydrogens (tertiary/aromatic N) is 2. The maximum Gasteiger partial charge on any atom is 0.244 e. The first-order valence-corrected chi connectivity index (χ1v) is 14.1. The van der Waals surface area contributed by atoms with Gasteiger partial charge in [-0.3, -0.25) is 13.9 Å². The molecule has 0 fully saturated rings. The van der Waals surface area contributed by atoms with Gasteiger partial charge in [-0.1, -0.05) is 71.8 Å². The number of rotatable bonds is 10. The molecular formula is C28H32ClN3O4S. The van der Waals surface area contributed by atoms with Crippen LogP contribution in [-0.2, 0) is 32.6 Å². The normalized spacial score (nSPS) is 12.0. The van der Waals surface area contributed by atoms with Gasteiger partial charge in [0, 0.05) is 25.0 Å². The Kier molecular flexibility index (Phi) is 9.34. The predicted molar refractivity (Wildman–Crippen MR) is 148 cm³/mol. The summed E-state index contributed by atoms with van der Waals surface area (Å²) in [7, 11) is -2.29. The quantitative estimate of drug-likeness (QED) is 0.418. The highest BCUT2D eigenvalue weighted by Gasteiger charge is 2.33. The van der Waals surface area contributed by atoms with Crippen LogP contribution in [0.2, 0.25) is 5.02 Å². The molecule has 37 heavy (non-hydrogen) atoms. The molecule has 0 aliphatic heterocycles. The molecule has 7 nitrogen and oxygen atoms in total. The SMILES string of the molecule is CNC(=O)[C@@H](Cc1ccccc1)N(Cc1cccc(Cl)c1)C(=O)CN(c1ccc(C)cc1C)S(C)(=O)=O. The van der Waals surface area contributed by atoms with Gasteiger partial charge in [-0.05, 0) is 48.7 Å². The Morgan fingerprint density at radius 2 is 1.62 bits per heavy atom. The number of benzene rings is 3. The standard InChI is InChI=1S/C28H32ClN3O4S/c1-20-13-14-25(21(2)15-20)32(37(4,35)36)19-27(33)31(18-23-11-8-12-24(29)16-23)26(28(34)30-3)17-22-9-6-5-7-10-22/h5-16,26H,17-19H2,1-4H3,(H,30,34)/t26-/m1/s1. The molecule has 1 atom stereocenters. The Morgan fingerprint density at radius 3 is 2.22 bits per heavy atom. The topological polar surface area (TPSA) is 86.8 Å². The van der Waals surface area contributed by atoms with Gasteiger partial charge in [0.1, 0.15) is 12.6 Å². The van der Waals surface area contributed by atoms with Gasteiger partial charge in [0.25, 0.3) is 0 Å². The van der Waals surface area contributed by atoms with Crippen LogP contribution in [0.3, 0.4) is 0 Å². The molecule has 9 heteroatoms. The summed E-state index contributed by atoms with van der Waals surface area (Å²) < 4.78 is 26.8. The second kappa shape index (κ2) is 12.3. The summed E-state index contributed by atoms with van der Waals surface area (Å²) in [5, 5.41) is 3.16. The van der Waals surface area contributed by atoms with Gasteiger partial charge in [0.05, 0.1) is 11.9 Å². The van der Waals surface area contributed by atoms with Crippen LogP contribution in [0.15, 0.2) is 72.8 Å². The smallest absolute Gasteiger partial charge is 0.244 e. The molecule has 0 unspecified atom stereocenters. The number of amides is 2. The Hall–Kier alpha value is -3.36. The fourth-order valence-corrected chi connectivity index (χ4v) is 5.35. The van der Waals surface area contributed by atoms with Crippen molar-refractivity contribution in [1.82, 2.24) is 10.2 Å². The van der Waals surface area contributed by atoms with Crippen LogP contribution in [0.1, 0.15) is 22.3 Å². The van der Waals surface area contributed by atoms with E-state index in [9.17, 15) is 18.0 Å². The summed E-state index contributed by atoms with van der Waals surface area (Å²) in [6, 6.07) is 20.9. The van der Waals surface area contributed by atoms with Crippen molar-refractivity contribution < 1.29 is 18.0 Å². The maximum atomic E-state index is 13.9. The Balaban J connectivity index is 2.05. The average Bonchev–Trinajstić information content (AvgIpc) is 2.84. The van der Waals surface area contributed by atoms with Gasteiger partial charge in [-0.25, -0.2) is 8.42 Å². The second-order valence-electron chi connectivity index (χ2n) is 9.03. The number of likely N-dealkylation sites (N-methyl/N-ethyl adjacent to an activating group) is 1. The molecule has 2 amide bonds. The van der Waals surface area contributed by atoms with E-state index in [4.69, 9.17) is 11.6 Å². The minimum Gasteiger partial charge on any atom is -0.357 e. The van der Waals surface area contributed by atoms with E-state index in [1.807, 2.05) is 49.4 Å². The lowest BCUT2D eigenvalue weighted by atomic mass is 10.0. The fraction of sp³-hybridized carbons (Fsp3) is 0.286. The lowest BCUT2D eigenvalue weighted by Crippen LogP contribution is -2.53. The van der Waals surface area contributed by atoms with Gasteiger partial charge in [0.15, 0.2) is 0 Å². The first kappa shape index (κ1) is 28.2. The molecule has 0 heterocycles. The molecule has 0 saturated carbocycles. The highest BCUT2D eigenvalue weighted by molar-refractivity contribution is 7.92. The zero-order valence-electron chi connectivity index (χ0n) is 21.4. The number of aryl methyl sites for hydroxylation is 2. The molecule has 0 aliphatic carbocycles. The van der Waals surface area contributed by atoms with Crippen LogP contribution >= 0.6 is 11.6 Å². The van der Waals surface area contributed by atoms with Crippen molar-refractivity contribution in [2.24, 2.45) is 0 Å². The van der Waals surface area contributed by atoms with Crippen molar-refractivity contribution in [1.29, 1.82) is 0 Å². The lowest BCUT2D eigenvalue weighted by molar-refractivity contribution is -0.139. The molecule has 3 aromatic carbocycles. The highest BCUT2D eigenvalue weighted by Crippen LogP contribution is 2.25.